The SMILES string of the molecule is COC(=O)c1nc(CCCN)n2cc(N)ccc12. The highest BCUT2D eigenvalue weighted by Gasteiger charge is 2.17. The third-order valence-corrected chi connectivity index (χ3v) is 2.72. The minimum absolute atomic E-state index is 0.310. The van der Waals surface area contributed by atoms with Crippen LogP contribution in [0.15, 0.2) is 18.3 Å². The van der Waals surface area contributed by atoms with Crippen molar-refractivity contribution in [1.82, 2.24) is 9.38 Å². The van der Waals surface area contributed by atoms with Crippen molar-refractivity contribution >= 4 is 17.2 Å². The average Bonchev–Trinajstić information content (AvgIpc) is 2.73. The number of rotatable bonds is 4. The van der Waals surface area contributed by atoms with Crippen LogP contribution in [0.1, 0.15) is 22.7 Å². The number of pyridine rings is 1. The van der Waals surface area contributed by atoms with Crippen molar-refractivity contribution in [1.29, 1.82) is 0 Å². The molecular formula is C12H16N4O2. The first-order chi connectivity index (χ1) is 8.67. The molecule has 0 unspecified atom stereocenters. The van der Waals surface area contributed by atoms with E-state index < -0.39 is 5.97 Å². The van der Waals surface area contributed by atoms with E-state index >= 15 is 0 Å². The van der Waals surface area contributed by atoms with Crippen molar-refractivity contribution in [3.8, 4) is 0 Å². The van der Waals surface area contributed by atoms with E-state index in [9.17, 15) is 4.79 Å². The summed E-state index contributed by atoms with van der Waals surface area (Å²) in [7, 11) is 1.34. The smallest absolute Gasteiger partial charge is 0.358 e. The summed E-state index contributed by atoms with van der Waals surface area (Å²) < 4.78 is 6.54. The zero-order valence-corrected chi connectivity index (χ0v) is 10.2. The first-order valence-corrected chi connectivity index (χ1v) is 5.72. The van der Waals surface area contributed by atoms with Crippen LogP contribution in [-0.2, 0) is 11.2 Å². The molecule has 96 valence electrons. The number of nitrogens with two attached hydrogens (primary N) is 2. The van der Waals surface area contributed by atoms with Gasteiger partial charge in [0.2, 0.25) is 0 Å². The second-order valence-corrected chi connectivity index (χ2v) is 3.98. The summed E-state index contributed by atoms with van der Waals surface area (Å²) in [5.41, 5.74) is 12.9. The molecule has 0 bridgehead atoms. The number of aryl methyl sites for hydroxylation is 1. The Kier molecular flexibility index (Phi) is 3.47. The molecule has 0 spiro atoms. The van der Waals surface area contributed by atoms with Crippen LogP contribution in [0.4, 0.5) is 5.69 Å². The van der Waals surface area contributed by atoms with Crippen LogP contribution in [0.25, 0.3) is 5.52 Å². The van der Waals surface area contributed by atoms with Crippen LogP contribution in [0.3, 0.4) is 0 Å². The van der Waals surface area contributed by atoms with Crippen molar-refractivity contribution in [3.63, 3.8) is 0 Å². The number of imidazole rings is 1. The van der Waals surface area contributed by atoms with Crippen LogP contribution >= 0.6 is 0 Å². The minimum Gasteiger partial charge on any atom is -0.464 e. The van der Waals surface area contributed by atoms with Gasteiger partial charge in [-0.25, -0.2) is 9.78 Å². The largest absolute Gasteiger partial charge is 0.464 e. The molecule has 2 rings (SSSR count). The molecule has 0 aliphatic rings. The quantitative estimate of drug-likeness (QED) is 0.772. The van der Waals surface area contributed by atoms with Gasteiger partial charge in [-0.15, -0.1) is 0 Å². The number of aromatic nitrogens is 2. The van der Waals surface area contributed by atoms with Gasteiger partial charge in [0.25, 0.3) is 0 Å². The molecule has 0 fully saturated rings. The summed E-state index contributed by atoms with van der Waals surface area (Å²) in [6.45, 7) is 0.574. The lowest BCUT2D eigenvalue weighted by Crippen LogP contribution is -2.04. The summed E-state index contributed by atoms with van der Waals surface area (Å²) in [5.74, 6) is 0.319. The molecule has 0 radical (unpaired) electrons. The Bertz CT molecular complexity index is 577. The van der Waals surface area contributed by atoms with Crippen LogP contribution in [0, 0.1) is 0 Å². The molecule has 0 saturated carbocycles. The molecule has 0 aromatic carbocycles. The van der Waals surface area contributed by atoms with Gasteiger partial charge in [-0.2, -0.15) is 0 Å². The van der Waals surface area contributed by atoms with Crippen molar-refractivity contribution in [2.75, 3.05) is 19.4 Å². The first-order valence-electron chi connectivity index (χ1n) is 5.72. The van der Waals surface area contributed by atoms with Gasteiger partial charge in [-0.1, -0.05) is 0 Å². The Morgan fingerprint density at radius 1 is 1.50 bits per heavy atom. The van der Waals surface area contributed by atoms with E-state index in [-0.39, 0.29) is 0 Å². The normalized spacial score (nSPS) is 10.8. The Morgan fingerprint density at radius 2 is 2.28 bits per heavy atom. The molecule has 0 atom stereocenters. The number of methoxy groups -OCH3 is 1. The van der Waals surface area contributed by atoms with Gasteiger partial charge in [0, 0.05) is 18.3 Å². The molecule has 0 saturated heterocycles. The lowest BCUT2D eigenvalue weighted by atomic mass is 10.3. The maximum Gasteiger partial charge on any atom is 0.358 e. The zero-order valence-electron chi connectivity index (χ0n) is 10.2. The molecule has 6 nitrogen and oxygen atoms in total. The highest BCUT2D eigenvalue weighted by atomic mass is 16.5. The number of carbonyl (C=O) groups excluding carboxylic acids is 1. The number of hydrogen-bond acceptors (Lipinski definition) is 5. The number of hydrogen-bond donors (Lipinski definition) is 2. The first kappa shape index (κ1) is 12.4. The summed E-state index contributed by atoms with van der Waals surface area (Å²) in [6, 6.07) is 3.50. The second kappa shape index (κ2) is 5.05. The Morgan fingerprint density at radius 3 is 2.94 bits per heavy atom. The minimum atomic E-state index is -0.448. The summed E-state index contributed by atoms with van der Waals surface area (Å²) in [6.07, 6.45) is 3.24. The maximum absolute atomic E-state index is 11.6. The molecule has 18 heavy (non-hydrogen) atoms. The lowest BCUT2D eigenvalue weighted by molar-refractivity contribution is 0.0597. The van der Waals surface area contributed by atoms with Gasteiger partial charge >= 0.3 is 5.97 Å². The number of ether oxygens (including phenoxy) is 1. The second-order valence-electron chi connectivity index (χ2n) is 3.98. The van der Waals surface area contributed by atoms with Gasteiger partial charge in [-0.05, 0) is 25.1 Å². The van der Waals surface area contributed by atoms with Gasteiger partial charge in [0.1, 0.15) is 5.82 Å². The number of nitrogens with zero attached hydrogens (tertiary/aromatic N) is 2. The number of fused-ring (bicyclic) bond motifs is 1. The number of carbonyl (C=O) groups is 1. The molecule has 0 aliphatic heterocycles. The monoisotopic (exact) mass is 248 g/mol. The Hall–Kier alpha value is -2.08. The molecule has 4 N–H and O–H groups in total. The van der Waals surface area contributed by atoms with Crippen LogP contribution < -0.4 is 11.5 Å². The van der Waals surface area contributed by atoms with Crippen molar-refractivity contribution in [3.05, 3.63) is 29.8 Å². The molecule has 2 heterocycles. The predicted molar refractivity (Wildman–Crippen MR) is 68.3 cm³/mol. The number of anilines is 1. The Balaban J connectivity index is 2.55. The Labute approximate surface area is 105 Å². The average molecular weight is 248 g/mol. The highest BCUT2D eigenvalue weighted by Crippen LogP contribution is 2.17. The topological polar surface area (TPSA) is 95.6 Å². The van der Waals surface area contributed by atoms with Crippen molar-refractivity contribution in [2.24, 2.45) is 5.73 Å². The van der Waals surface area contributed by atoms with E-state index in [0.717, 1.165) is 12.2 Å². The third-order valence-electron chi connectivity index (χ3n) is 2.72. The number of esters is 1. The van der Waals surface area contributed by atoms with E-state index in [4.69, 9.17) is 16.2 Å². The van der Waals surface area contributed by atoms with Gasteiger partial charge in [0.15, 0.2) is 5.69 Å². The van der Waals surface area contributed by atoms with Crippen LogP contribution in [-0.4, -0.2) is 29.0 Å². The molecule has 2 aromatic heterocycles. The van der Waals surface area contributed by atoms with E-state index in [1.165, 1.54) is 7.11 Å². The van der Waals surface area contributed by atoms with Gasteiger partial charge < -0.3 is 20.6 Å². The maximum atomic E-state index is 11.6. The fourth-order valence-corrected chi connectivity index (χ4v) is 1.85. The lowest BCUT2D eigenvalue weighted by Gasteiger charge is -2.01. The molecule has 0 amide bonds. The number of nitrogen functional groups attached to an aromatic ring is 1. The molecule has 0 aliphatic carbocycles. The third kappa shape index (κ3) is 2.14. The van der Waals surface area contributed by atoms with Gasteiger partial charge in [0.05, 0.1) is 12.6 Å². The van der Waals surface area contributed by atoms with E-state index in [1.54, 1.807) is 18.3 Å². The summed E-state index contributed by atoms with van der Waals surface area (Å²) in [5, 5.41) is 0. The van der Waals surface area contributed by atoms with E-state index in [0.29, 0.717) is 29.9 Å². The van der Waals surface area contributed by atoms with Gasteiger partial charge in [-0.3, -0.25) is 0 Å². The highest BCUT2D eigenvalue weighted by molar-refractivity contribution is 5.95. The molecule has 6 heteroatoms. The summed E-state index contributed by atoms with van der Waals surface area (Å²) >= 11 is 0. The van der Waals surface area contributed by atoms with Crippen molar-refractivity contribution in [2.45, 2.75) is 12.8 Å². The standard InChI is InChI=1S/C12H16N4O2/c1-18-12(17)11-9-5-4-8(14)7-16(9)10(15-11)3-2-6-13/h4-5,7H,2-3,6,13-14H2,1H3. The predicted octanol–water partition coefficient (Wildman–Crippen LogP) is 0.594. The van der Waals surface area contributed by atoms with E-state index in [1.807, 2.05) is 4.40 Å². The van der Waals surface area contributed by atoms with Crippen LogP contribution in [0.5, 0.6) is 0 Å². The van der Waals surface area contributed by atoms with Crippen LogP contribution in [0.2, 0.25) is 0 Å². The molecule has 2 aromatic rings. The fraction of sp³-hybridized carbons (Fsp3) is 0.333. The molecular weight excluding hydrogens is 232 g/mol. The summed E-state index contributed by atoms with van der Waals surface area (Å²) in [4.78, 5) is 16.0. The fourth-order valence-electron chi connectivity index (χ4n) is 1.85. The van der Waals surface area contributed by atoms with Crippen molar-refractivity contribution < 1.29 is 9.53 Å². The zero-order chi connectivity index (χ0) is 13.1. The van der Waals surface area contributed by atoms with E-state index in [2.05, 4.69) is 4.98 Å².